The number of carbonyl (C=O) groups is 2. The molecule has 134 valence electrons. The number of amides is 1. The van der Waals surface area contributed by atoms with E-state index in [-0.39, 0.29) is 17.8 Å². The summed E-state index contributed by atoms with van der Waals surface area (Å²) in [6.07, 6.45) is 5.28. The van der Waals surface area contributed by atoms with E-state index in [1.165, 1.54) is 33.0 Å². The quantitative estimate of drug-likeness (QED) is 0.457. The van der Waals surface area contributed by atoms with Crippen molar-refractivity contribution in [3.63, 3.8) is 0 Å². The van der Waals surface area contributed by atoms with Crippen molar-refractivity contribution in [3.8, 4) is 0 Å². The number of methoxy groups -OCH3 is 1. The number of esters is 1. The molecule has 0 aromatic rings. The van der Waals surface area contributed by atoms with E-state index in [4.69, 9.17) is 4.74 Å². The highest BCUT2D eigenvalue weighted by Gasteiger charge is 2.22. The van der Waals surface area contributed by atoms with Crippen molar-refractivity contribution in [1.82, 2.24) is 9.80 Å². The van der Waals surface area contributed by atoms with Crippen LogP contribution in [0.1, 0.15) is 52.9 Å². The van der Waals surface area contributed by atoms with Crippen LogP contribution >= 0.6 is 0 Å². The predicted octanol–water partition coefficient (Wildman–Crippen LogP) is 2.55. The molecule has 1 aliphatic rings. The second-order valence-electron chi connectivity index (χ2n) is 7.12. The lowest BCUT2D eigenvalue weighted by Gasteiger charge is -2.26. The molecular weight excluding hydrogens is 292 g/mol. The maximum absolute atomic E-state index is 12.4. The van der Waals surface area contributed by atoms with Crippen molar-refractivity contribution >= 4 is 11.9 Å². The smallest absolute Gasteiger partial charge is 0.310 e. The second kappa shape index (κ2) is 10.6. The summed E-state index contributed by atoms with van der Waals surface area (Å²) in [6.45, 7) is 10.7. The van der Waals surface area contributed by atoms with Crippen molar-refractivity contribution in [2.45, 2.75) is 52.9 Å². The SMILES string of the molecule is COC(=O)C(C)CN(CCCCN1CCCC1)C(=O)CC(C)C. The minimum absolute atomic E-state index is 0.150. The van der Waals surface area contributed by atoms with Gasteiger partial charge < -0.3 is 14.5 Å². The van der Waals surface area contributed by atoms with Crippen LogP contribution in [-0.4, -0.2) is 61.5 Å². The van der Waals surface area contributed by atoms with Crippen molar-refractivity contribution in [3.05, 3.63) is 0 Å². The van der Waals surface area contributed by atoms with Crippen molar-refractivity contribution < 1.29 is 14.3 Å². The standard InChI is InChI=1S/C18H34N2O3/c1-15(2)13-17(21)20(14-16(3)18(22)23-4)12-8-7-11-19-9-5-6-10-19/h15-16H,5-14H2,1-4H3. The van der Waals surface area contributed by atoms with E-state index in [0.717, 1.165) is 25.9 Å². The van der Waals surface area contributed by atoms with E-state index in [1.54, 1.807) is 0 Å². The Morgan fingerprint density at radius 1 is 1.13 bits per heavy atom. The lowest BCUT2D eigenvalue weighted by atomic mass is 10.1. The van der Waals surface area contributed by atoms with Gasteiger partial charge in [-0.2, -0.15) is 0 Å². The summed E-state index contributed by atoms with van der Waals surface area (Å²) in [5.41, 5.74) is 0. The summed E-state index contributed by atoms with van der Waals surface area (Å²) < 4.78 is 4.78. The highest BCUT2D eigenvalue weighted by Crippen LogP contribution is 2.12. The molecule has 1 aliphatic heterocycles. The van der Waals surface area contributed by atoms with E-state index in [2.05, 4.69) is 4.90 Å². The zero-order chi connectivity index (χ0) is 17.2. The first-order valence-electron chi connectivity index (χ1n) is 9.02. The summed E-state index contributed by atoms with van der Waals surface area (Å²) in [7, 11) is 1.40. The fourth-order valence-corrected chi connectivity index (χ4v) is 3.05. The van der Waals surface area contributed by atoms with Crippen LogP contribution in [0.4, 0.5) is 0 Å². The molecule has 0 N–H and O–H groups in total. The number of nitrogens with zero attached hydrogens (tertiary/aromatic N) is 2. The van der Waals surface area contributed by atoms with Crippen LogP contribution in [0.25, 0.3) is 0 Å². The Morgan fingerprint density at radius 3 is 2.35 bits per heavy atom. The maximum Gasteiger partial charge on any atom is 0.310 e. The van der Waals surface area contributed by atoms with Gasteiger partial charge in [0.15, 0.2) is 0 Å². The Bertz CT molecular complexity index is 365. The molecule has 1 amide bonds. The zero-order valence-electron chi connectivity index (χ0n) is 15.3. The van der Waals surface area contributed by atoms with Gasteiger partial charge in [-0.3, -0.25) is 9.59 Å². The Balaban J connectivity index is 2.42. The molecule has 1 unspecified atom stereocenters. The van der Waals surface area contributed by atoms with Gasteiger partial charge in [-0.25, -0.2) is 0 Å². The van der Waals surface area contributed by atoms with Crippen LogP contribution < -0.4 is 0 Å². The maximum atomic E-state index is 12.4. The number of ether oxygens (including phenoxy) is 1. The molecule has 0 radical (unpaired) electrons. The summed E-state index contributed by atoms with van der Waals surface area (Å²) >= 11 is 0. The zero-order valence-corrected chi connectivity index (χ0v) is 15.3. The van der Waals surface area contributed by atoms with E-state index in [9.17, 15) is 9.59 Å². The first-order valence-corrected chi connectivity index (χ1v) is 9.02. The predicted molar refractivity (Wildman–Crippen MR) is 92.1 cm³/mol. The Hall–Kier alpha value is -1.10. The second-order valence-corrected chi connectivity index (χ2v) is 7.12. The fourth-order valence-electron chi connectivity index (χ4n) is 3.05. The van der Waals surface area contributed by atoms with Crippen LogP contribution in [0.15, 0.2) is 0 Å². The summed E-state index contributed by atoms with van der Waals surface area (Å²) in [5, 5.41) is 0. The van der Waals surface area contributed by atoms with E-state index >= 15 is 0 Å². The normalized spacial score (nSPS) is 16.6. The van der Waals surface area contributed by atoms with Crippen molar-refractivity contribution in [1.29, 1.82) is 0 Å². The number of carbonyl (C=O) groups excluding carboxylic acids is 2. The van der Waals surface area contributed by atoms with Gasteiger partial charge in [0, 0.05) is 19.5 Å². The minimum Gasteiger partial charge on any atom is -0.469 e. The molecule has 0 aliphatic carbocycles. The fraction of sp³-hybridized carbons (Fsp3) is 0.889. The molecule has 5 heteroatoms. The van der Waals surface area contributed by atoms with Crippen LogP contribution in [0.2, 0.25) is 0 Å². The Kier molecular flexibility index (Phi) is 9.22. The average molecular weight is 326 g/mol. The number of rotatable bonds is 10. The summed E-state index contributed by atoms with van der Waals surface area (Å²) in [4.78, 5) is 28.4. The molecular formula is C18H34N2O3. The van der Waals surface area contributed by atoms with Crippen LogP contribution in [-0.2, 0) is 14.3 Å². The van der Waals surface area contributed by atoms with Gasteiger partial charge in [0.05, 0.1) is 13.0 Å². The van der Waals surface area contributed by atoms with Crippen LogP contribution in [0.3, 0.4) is 0 Å². The monoisotopic (exact) mass is 326 g/mol. The highest BCUT2D eigenvalue weighted by molar-refractivity contribution is 5.78. The van der Waals surface area contributed by atoms with Gasteiger partial charge in [-0.1, -0.05) is 20.8 Å². The molecule has 0 aromatic carbocycles. The largest absolute Gasteiger partial charge is 0.469 e. The molecule has 0 aromatic heterocycles. The van der Waals surface area contributed by atoms with Crippen LogP contribution in [0, 0.1) is 11.8 Å². The average Bonchev–Trinajstić information content (AvgIpc) is 3.01. The Labute approximate surface area is 141 Å². The van der Waals surface area contributed by atoms with Crippen LogP contribution in [0.5, 0.6) is 0 Å². The minimum atomic E-state index is -0.269. The van der Waals surface area contributed by atoms with E-state index in [1.807, 2.05) is 25.7 Å². The van der Waals surface area contributed by atoms with Crippen molar-refractivity contribution in [2.75, 3.05) is 39.8 Å². The number of likely N-dealkylation sites (tertiary alicyclic amines) is 1. The van der Waals surface area contributed by atoms with Gasteiger partial charge in [0.25, 0.3) is 0 Å². The molecule has 0 bridgehead atoms. The summed E-state index contributed by atoms with van der Waals surface area (Å²) in [5.74, 6) is -0.0286. The molecule has 1 rings (SSSR count). The molecule has 1 saturated heterocycles. The molecule has 1 atom stereocenters. The van der Waals surface area contributed by atoms with E-state index in [0.29, 0.717) is 18.9 Å². The first-order chi connectivity index (χ1) is 10.9. The lowest BCUT2D eigenvalue weighted by molar-refractivity contribution is -0.146. The third-order valence-electron chi connectivity index (χ3n) is 4.38. The molecule has 1 heterocycles. The topological polar surface area (TPSA) is 49.9 Å². The lowest BCUT2D eigenvalue weighted by Crippen LogP contribution is -2.38. The van der Waals surface area contributed by atoms with Crippen molar-refractivity contribution in [2.24, 2.45) is 11.8 Å². The van der Waals surface area contributed by atoms with Gasteiger partial charge >= 0.3 is 5.97 Å². The molecule has 23 heavy (non-hydrogen) atoms. The summed E-state index contributed by atoms with van der Waals surface area (Å²) in [6, 6.07) is 0. The molecule has 1 fully saturated rings. The molecule has 0 saturated carbocycles. The van der Waals surface area contributed by atoms with Gasteiger partial charge in [-0.05, 0) is 51.2 Å². The third kappa shape index (κ3) is 7.82. The number of hydrogen-bond acceptors (Lipinski definition) is 4. The number of hydrogen-bond donors (Lipinski definition) is 0. The molecule has 0 spiro atoms. The highest BCUT2D eigenvalue weighted by atomic mass is 16.5. The van der Waals surface area contributed by atoms with Gasteiger partial charge in [0.1, 0.15) is 0 Å². The Morgan fingerprint density at radius 2 is 1.78 bits per heavy atom. The molecule has 5 nitrogen and oxygen atoms in total. The number of unbranched alkanes of at least 4 members (excludes halogenated alkanes) is 1. The first kappa shape index (κ1) is 19.9. The third-order valence-corrected chi connectivity index (χ3v) is 4.38. The van der Waals surface area contributed by atoms with Gasteiger partial charge in [0.2, 0.25) is 5.91 Å². The van der Waals surface area contributed by atoms with E-state index < -0.39 is 0 Å². The van der Waals surface area contributed by atoms with Gasteiger partial charge in [-0.15, -0.1) is 0 Å².